The molecular weight excluding hydrogens is 238 g/mol. The van der Waals surface area contributed by atoms with Gasteiger partial charge in [-0.05, 0) is 37.5 Å². The summed E-state index contributed by atoms with van der Waals surface area (Å²) < 4.78 is 0. The van der Waals surface area contributed by atoms with Gasteiger partial charge in [0, 0.05) is 17.9 Å². The smallest absolute Gasteiger partial charge is 0.233 e. The number of anilines is 1. The van der Waals surface area contributed by atoms with Crippen molar-refractivity contribution in [3.8, 4) is 0 Å². The van der Waals surface area contributed by atoms with Crippen LogP contribution in [0.1, 0.15) is 23.4 Å². The first-order valence-electron chi connectivity index (χ1n) is 6.63. The van der Waals surface area contributed by atoms with E-state index in [1.165, 1.54) is 5.56 Å². The summed E-state index contributed by atoms with van der Waals surface area (Å²) in [7, 11) is 0. The lowest BCUT2D eigenvalue weighted by Gasteiger charge is -2.29. The highest BCUT2D eigenvalue weighted by Gasteiger charge is 2.22. The Bertz CT molecular complexity index is 603. The number of nitrogens with one attached hydrogen (secondary N) is 1. The van der Waals surface area contributed by atoms with E-state index in [2.05, 4.69) is 16.3 Å². The van der Waals surface area contributed by atoms with E-state index in [0.29, 0.717) is 6.42 Å². The Morgan fingerprint density at radius 3 is 3.05 bits per heavy atom. The van der Waals surface area contributed by atoms with E-state index in [1.54, 1.807) is 0 Å². The summed E-state index contributed by atoms with van der Waals surface area (Å²) in [6.07, 6.45) is 2.45. The molecule has 0 spiro atoms. The molecule has 3 rings (SSSR count). The van der Waals surface area contributed by atoms with Crippen molar-refractivity contribution in [2.75, 3.05) is 11.4 Å². The number of aryl methyl sites for hydroxylation is 2. The zero-order valence-corrected chi connectivity index (χ0v) is 11.0. The third-order valence-corrected chi connectivity index (χ3v) is 3.50. The number of rotatable bonds is 2. The third-order valence-electron chi connectivity index (χ3n) is 3.50. The highest BCUT2D eigenvalue weighted by molar-refractivity contribution is 5.95. The number of amides is 1. The minimum atomic E-state index is 0.124. The quantitative estimate of drug-likeness (QED) is 0.894. The molecule has 1 N–H and O–H groups in total. The Labute approximate surface area is 112 Å². The van der Waals surface area contributed by atoms with Crippen molar-refractivity contribution >= 4 is 11.6 Å². The fraction of sp³-hybridized carbons (Fsp3) is 0.333. The van der Waals surface area contributed by atoms with E-state index >= 15 is 0 Å². The number of aromatic nitrogens is 2. The van der Waals surface area contributed by atoms with Gasteiger partial charge >= 0.3 is 0 Å². The molecule has 1 aliphatic rings. The standard InChI is InChI=1S/C15H17N3O/c1-11-9-13(17-16-11)10-15(19)18-8-4-6-12-5-2-3-7-14(12)18/h2-3,5,7,9H,4,6,8,10H2,1H3,(H,16,17). The highest BCUT2D eigenvalue weighted by atomic mass is 16.2. The number of fused-ring (bicyclic) bond motifs is 1. The number of hydrogen-bond donors (Lipinski definition) is 1. The van der Waals surface area contributed by atoms with Gasteiger partial charge in [0.15, 0.2) is 0 Å². The van der Waals surface area contributed by atoms with Crippen molar-refractivity contribution in [3.63, 3.8) is 0 Å². The second-order valence-electron chi connectivity index (χ2n) is 5.00. The van der Waals surface area contributed by atoms with Gasteiger partial charge in [0.05, 0.1) is 12.1 Å². The summed E-state index contributed by atoms with van der Waals surface area (Å²) in [6, 6.07) is 10.1. The largest absolute Gasteiger partial charge is 0.312 e. The maximum Gasteiger partial charge on any atom is 0.233 e. The molecule has 0 fully saturated rings. The normalized spacial score (nSPS) is 14.3. The molecule has 1 amide bonds. The lowest BCUT2D eigenvalue weighted by Crippen LogP contribution is -2.36. The van der Waals surface area contributed by atoms with Crippen LogP contribution in [0.15, 0.2) is 30.3 Å². The molecule has 19 heavy (non-hydrogen) atoms. The molecule has 0 atom stereocenters. The lowest BCUT2D eigenvalue weighted by molar-refractivity contribution is -0.118. The molecule has 1 aromatic heterocycles. The Balaban J connectivity index is 1.81. The van der Waals surface area contributed by atoms with E-state index in [4.69, 9.17) is 0 Å². The Morgan fingerprint density at radius 1 is 1.42 bits per heavy atom. The summed E-state index contributed by atoms with van der Waals surface area (Å²) in [6.45, 7) is 2.75. The van der Waals surface area contributed by atoms with Gasteiger partial charge in [-0.2, -0.15) is 5.10 Å². The molecule has 2 aromatic rings. The first kappa shape index (κ1) is 12.0. The Hall–Kier alpha value is -2.10. The predicted molar refractivity (Wildman–Crippen MR) is 74.1 cm³/mol. The van der Waals surface area contributed by atoms with E-state index in [-0.39, 0.29) is 5.91 Å². The van der Waals surface area contributed by atoms with Crippen LogP contribution < -0.4 is 4.90 Å². The number of carbonyl (C=O) groups is 1. The average molecular weight is 255 g/mol. The van der Waals surface area contributed by atoms with Gasteiger partial charge in [0.25, 0.3) is 0 Å². The Morgan fingerprint density at radius 2 is 2.26 bits per heavy atom. The lowest BCUT2D eigenvalue weighted by atomic mass is 10.0. The number of aromatic amines is 1. The number of nitrogens with zero attached hydrogens (tertiary/aromatic N) is 2. The van der Waals surface area contributed by atoms with Crippen LogP contribution >= 0.6 is 0 Å². The summed E-state index contributed by atoms with van der Waals surface area (Å²) in [5, 5.41) is 7.01. The zero-order chi connectivity index (χ0) is 13.2. The molecular formula is C15H17N3O. The van der Waals surface area contributed by atoms with Crippen molar-refractivity contribution in [2.24, 2.45) is 0 Å². The minimum Gasteiger partial charge on any atom is -0.312 e. The van der Waals surface area contributed by atoms with Crippen molar-refractivity contribution in [1.29, 1.82) is 0 Å². The number of carbonyl (C=O) groups excluding carboxylic acids is 1. The molecule has 2 heterocycles. The molecule has 0 radical (unpaired) electrons. The maximum absolute atomic E-state index is 12.4. The van der Waals surface area contributed by atoms with E-state index in [0.717, 1.165) is 36.5 Å². The molecule has 1 aromatic carbocycles. The fourth-order valence-electron chi connectivity index (χ4n) is 2.61. The topological polar surface area (TPSA) is 49.0 Å². The van der Waals surface area contributed by atoms with Gasteiger partial charge in [-0.3, -0.25) is 9.89 Å². The average Bonchev–Trinajstić information content (AvgIpc) is 2.83. The molecule has 0 saturated heterocycles. The molecule has 0 saturated carbocycles. The summed E-state index contributed by atoms with van der Waals surface area (Å²) in [5.74, 6) is 0.124. The van der Waals surface area contributed by atoms with Gasteiger partial charge in [-0.1, -0.05) is 18.2 Å². The summed E-state index contributed by atoms with van der Waals surface area (Å²) in [4.78, 5) is 14.3. The van der Waals surface area contributed by atoms with Crippen LogP contribution in [0.2, 0.25) is 0 Å². The number of para-hydroxylation sites is 1. The second-order valence-corrected chi connectivity index (χ2v) is 5.00. The first-order valence-corrected chi connectivity index (χ1v) is 6.63. The first-order chi connectivity index (χ1) is 9.24. The van der Waals surface area contributed by atoms with Crippen LogP contribution in [0.4, 0.5) is 5.69 Å². The second kappa shape index (κ2) is 4.88. The van der Waals surface area contributed by atoms with Crippen LogP contribution in [0.5, 0.6) is 0 Å². The minimum absolute atomic E-state index is 0.124. The van der Waals surface area contributed by atoms with Crippen molar-refractivity contribution in [3.05, 3.63) is 47.3 Å². The molecule has 1 aliphatic heterocycles. The monoisotopic (exact) mass is 255 g/mol. The van der Waals surface area contributed by atoms with Crippen LogP contribution in [-0.4, -0.2) is 22.6 Å². The van der Waals surface area contributed by atoms with Gasteiger partial charge in [-0.25, -0.2) is 0 Å². The molecule has 0 bridgehead atoms. The van der Waals surface area contributed by atoms with E-state index in [1.807, 2.05) is 36.1 Å². The Kier molecular flexibility index (Phi) is 3.07. The van der Waals surface area contributed by atoms with Crippen molar-refractivity contribution in [2.45, 2.75) is 26.2 Å². The molecule has 98 valence electrons. The molecule has 0 unspecified atom stereocenters. The van der Waals surface area contributed by atoms with Crippen molar-refractivity contribution < 1.29 is 4.79 Å². The van der Waals surface area contributed by atoms with Crippen molar-refractivity contribution in [1.82, 2.24) is 10.2 Å². The van der Waals surface area contributed by atoms with E-state index in [9.17, 15) is 4.79 Å². The SMILES string of the molecule is Cc1cc(CC(=O)N2CCCc3ccccc32)n[nH]1. The van der Waals surface area contributed by atoms with Gasteiger partial charge in [-0.15, -0.1) is 0 Å². The third kappa shape index (κ3) is 2.38. The summed E-state index contributed by atoms with van der Waals surface area (Å²) >= 11 is 0. The zero-order valence-electron chi connectivity index (χ0n) is 11.0. The molecule has 4 heteroatoms. The fourth-order valence-corrected chi connectivity index (χ4v) is 2.61. The number of H-pyrrole nitrogens is 1. The predicted octanol–water partition coefficient (Wildman–Crippen LogP) is 2.24. The van der Waals surface area contributed by atoms with Crippen LogP contribution in [0.3, 0.4) is 0 Å². The van der Waals surface area contributed by atoms with Gasteiger partial charge < -0.3 is 4.90 Å². The van der Waals surface area contributed by atoms with Gasteiger partial charge in [0.1, 0.15) is 0 Å². The van der Waals surface area contributed by atoms with Crippen LogP contribution in [0.25, 0.3) is 0 Å². The molecule has 4 nitrogen and oxygen atoms in total. The highest BCUT2D eigenvalue weighted by Crippen LogP contribution is 2.27. The van der Waals surface area contributed by atoms with Crippen LogP contribution in [-0.2, 0) is 17.6 Å². The number of benzene rings is 1. The number of hydrogen-bond acceptors (Lipinski definition) is 2. The summed E-state index contributed by atoms with van der Waals surface area (Å²) in [5.41, 5.74) is 4.12. The van der Waals surface area contributed by atoms with Gasteiger partial charge in [0.2, 0.25) is 5.91 Å². The maximum atomic E-state index is 12.4. The molecule has 0 aliphatic carbocycles. The van der Waals surface area contributed by atoms with Crippen LogP contribution in [0, 0.1) is 6.92 Å². The van der Waals surface area contributed by atoms with E-state index < -0.39 is 0 Å².